The maximum atomic E-state index is 13.4. The second kappa shape index (κ2) is 8.75. The maximum absolute atomic E-state index is 13.4. The highest BCUT2D eigenvalue weighted by Gasteiger charge is 2.46. The second-order valence-corrected chi connectivity index (χ2v) is 8.78. The molecule has 2 saturated heterocycles. The lowest BCUT2D eigenvalue weighted by molar-refractivity contribution is -0.143. The van der Waals surface area contributed by atoms with Gasteiger partial charge in [-0.05, 0) is 31.4 Å². The van der Waals surface area contributed by atoms with E-state index < -0.39 is 0 Å². The molecule has 3 heterocycles. The first kappa shape index (κ1) is 21.3. The third kappa shape index (κ3) is 3.55. The number of rotatable bonds is 4. The molecule has 32 heavy (non-hydrogen) atoms. The quantitative estimate of drug-likeness (QED) is 0.682. The van der Waals surface area contributed by atoms with Crippen LogP contribution in [0.1, 0.15) is 30.5 Å². The number of piperidine rings is 1. The van der Waals surface area contributed by atoms with Crippen molar-refractivity contribution in [3.8, 4) is 0 Å². The van der Waals surface area contributed by atoms with Crippen molar-refractivity contribution in [2.45, 2.75) is 44.4 Å². The molecule has 0 spiro atoms. The van der Waals surface area contributed by atoms with Gasteiger partial charge in [-0.15, -0.1) is 0 Å². The fraction of sp³-hybridized carbons (Fsp3) is 0.583. The summed E-state index contributed by atoms with van der Waals surface area (Å²) in [4.78, 5) is 29.7. The van der Waals surface area contributed by atoms with E-state index in [0.29, 0.717) is 39.5 Å². The van der Waals surface area contributed by atoms with Gasteiger partial charge in [0.15, 0.2) is 0 Å². The van der Waals surface area contributed by atoms with Crippen LogP contribution in [0.3, 0.4) is 0 Å². The van der Waals surface area contributed by atoms with Crippen molar-refractivity contribution in [1.82, 2.24) is 14.4 Å². The van der Waals surface area contributed by atoms with Crippen LogP contribution in [0, 0.1) is 0 Å². The zero-order valence-corrected chi connectivity index (χ0v) is 18.8. The summed E-state index contributed by atoms with van der Waals surface area (Å²) in [5.74, 6) is -0.101. The van der Waals surface area contributed by atoms with E-state index in [2.05, 4.69) is 16.7 Å². The Morgan fingerprint density at radius 1 is 1.19 bits per heavy atom. The number of carbonyl (C=O) groups is 2. The van der Waals surface area contributed by atoms with E-state index in [4.69, 9.17) is 14.2 Å². The average molecular weight is 442 g/mol. The molecule has 2 aromatic rings. The van der Waals surface area contributed by atoms with Gasteiger partial charge in [0.1, 0.15) is 6.54 Å². The van der Waals surface area contributed by atoms with E-state index in [1.54, 1.807) is 7.11 Å². The number of fused-ring (bicyclic) bond motifs is 6. The number of esters is 1. The molecule has 2 fully saturated rings. The summed E-state index contributed by atoms with van der Waals surface area (Å²) in [6, 6.07) is 8.42. The number of morpholine rings is 1. The predicted octanol–water partition coefficient (Wildman–Crippen LogP) is 2.39. The van der Waals surface area contributed by atoms with Crippen molar-refractivity contribution in [3.63, 3.8) is 0 Å². The number of hydrogen-bond acceptors (Lipinski definition) is 5. The lowest BCUT2D eigenvalue weighted by Gasteiger charge is -2.48. The van der Waals surface area contributed by atoms with Crippen LogP contribution >= 0.6 is 0 Å². The van der Waals surface area contributed by atoms with Gasteiger partial charge in [0.2, 0.25) is 0 Å². The van der Waals surface area contributed by atoms with E-state index in [1.807, 2.05) is 28.9 Å². The Bertz CT molecular complexity index is 1010. The van der Waals surface area contributed by atoms with Crippen molar-refractivity contribution in [1.29, 1.82) is 0 Å². The summed E-state index contributed by atoms with van der Waals surface area (Å²) in [5, 5.41) is 1.15. The number of benzene rings is 1. The van der Waals surface area contributed by atoms with Crippen LogP contribution in [0.2, 0.25) is 0 Å². The molecule has 2 bridgehead atoms. The van der Waals surface area contributed by atoms with Crippen molar-refractivity contribution in [2.24, 2.45) is 0 Å². The molecule has 3 atom stereocenters. The number of ether oxygens (including phenoxy) is 3. The second-order valence-electron chi connectivity index (χ2n) is 8.78. The van der Waals surface area contributed by atoms with E-state index in [-0.39, 0.29) is 36.6 Å². The van der Waals surface area contributed by atoms with Gasteiger partial charge in [0, 0.05) is 55.3 Å². The van der Waals surface area contributed by atoms with Crippen LogP contribution < -0.4 is 0 Å². The largest absolute Gasteiger partial charge is 0.465 e. The van der Waals surface area contributed by atoms with Gasteiger partial charge in [-0.25, -0.2) is 4.79 Å². The molecule has 0 unspecified atom stereocenters. The van der Waals surface area contributed by atoms with Crippen molar-refractivity contribution in [2.75, 3.05) is 46.6 Å². The van der Waals surface area contributed by atoms with Crippen molar-refractivity contribution >= 4 is 22.9 Å². The molecule has 8 heteroatoms. The zero-order valence-electron chi connectivity index (χ0n) is 18.8. The summed E-state index contributed by atoms with van der Waals surface area (Å²) >= 11 is 0. The average Bonchev–Trinajstić information content (AvgIpc) is 3.13. The number of likely N-dealkylation sites (tertiary alicyclic amines) is 1. The van der Waals surface area contributed by atoms with Crippen molar-refractivity contribution < 1.29 is 23.8 Å². The predicted molar refractivity (Wildman–Crippen MR) is 119 cm³/mol. The molecule has 1 aromatic heterocycles. The first-order valence-electron chi connectivity index (χ1n) is 11.5. The highest BCUT2D eigenvalue weighted by Crippen LogP contribution is 2.45. The summed E-state index contributed by atoms with van der Waals surface area (Å²) in [5.41, 5.74) is 3.44. The normalized spacial score (nSPS) is 25.0. The molecule has 1 aliphatic carbocycles. The fourth-order valence-electron chi connectivity index (χ4n) is 5.71. The number of nitrogens with zero attached hydrogens (tertiary/aromatic N) is 3. The Morgan fingerprint density at radius 2 is 1.97 bits per heavy atom. The minimum absolute atomic E-state index is 0.0810. The third-order valence-electron chi connectivity index (χ3n) is 7.13. The number of para-hydroxylation sites is 1. The minimum Gasteiger partial charge on any atom is -0.465 e. The molecule has 1 aromatic carbocycles. The molecule has 0 radical (unpaired) electrons. The number of hydrogen-bond donors (Lipinski definition) is 0. The Hall–Kier alpha value is -2.58. The van der Waals surface area contributed by atoms with Gasteiger partial charge in [0.25, 0.3) is 0 Å². The van der Waals surface area contributed by atoms with Crippen LogP contribution in [0.4, 0.5) is 4.79 Å². The molecule has 2 aliphatic heterocycles. The minimum atomic E-state index is -0.230. The van der Waals surface area contributed by atoms with Gasteiger partial charge in [-0.3, -0.25) is 4.79 Å². The SMILES string of the molecule is CCOC(=O)Cn1c2c(c3ccccc31)C[C@H]1C[C@@H]2[C@@H](OC)CN1C(=O)N1CCOCC1. The molecule has 8 nitrogen and oxygen atoms in total. The number of amides is 2. The molecule has 0 N–H and O–H groups in total. The summed E-state index contributed by atoms with van der Waals surface area (Å²) < 4.78 is 18.8. The van der Waals surface area contributed by atoms with Crippen LogP contribution in [-0.2, 0) is 32.0 Å². The maximum Gasteiger partial charge on any atom is 0.325 e. The number of urea groups is 1. The summed E-state index contributed by atoms with van der Waals surface area (Å²) in [6.07, 6.45) is 1.50. The van der Waals surface area contributed by atoms with Crippen molar-refractivity contribution in [3.05, 3.63) is 35.5 Å². The fourth-order valence-corrected chi connectivity index (χ4v) is 5.71. The number of carbonyl (C=O) groups excluding carboxylic acids is 2. The van der Waals surface area contributed by atoms with E-state index >= 15 is 0 Å². The lowest BCUT2D eigenvalue weighted by Crippen LogP contribution is -2.59. The Balaban J connectivity index is 1.54. The molecule has 5 rings (SSSR count). The highest BCUT2D eigenvalue weighted by atomic mass is 16.5. The third-order valence-corrected chi connectivity index (χ3v) is 7.13. The smallest absolute Gasteiger partial charge is 0.325 e. The standard InChI is InChI=1S/C24H31N3O5/c1-3-32-22(28)15-27-20-7-5-4-6-17(20)18-12-16-13-19(23(18)27)21(30-2)14-26(16)24(29)25-8-10-31-11-9-25/h4-7,16,19,21H,3,8-15H2,1-2H3/t16-,19+,21-/m0/s1. The highest BCUT2D eigenvalue weighted by molar-refractivity contribution is 5.88. The van der Waals surface area contributed by atoms with Crippen LogP contribution in [0.25, 0.3) is 10.9 Å². The van der Waals surface area contributed by atoms with Crippen LogP contribution in [0.15, 0.2) is 24.3 Å². The van der Waals surface area contributed by atoms with Gasteiger partial charge < -0.3 is 28.6 Å². The molecular formula is C24H31N3O5. The van der Waals surface area contributed by atoms with Crippen LogP contribution in [-0.4, -0.2) is 85.1 Å². The molecule has 3 aliphatic rings. The van der Waals surface area contributed by atoms with E-state index in [9.17, 15) is 9.59 Å². The van der Waals surface area contributed by atoms with Gasteiger partial charge in [0.05, 0.1) is 25.9 Å². The number of methoxy groups -OCH3 is 1. The summed E-state index contributed by atoms with van der Waals surface area (Å²) in [7, 11) is 1.72. The van der Waals surface area contributed by atoms with E-state index in [1.165, 1.54) is 11.3 Å². The van der Waals surface area contributed by atoms with Gasteiger partial charge in [-0.2, -0.15) is 0 Å². The molecule has 0 saturated carbocycles. The molecular weight excluding hydrogens is 410 g/mol. The van der Waals surface area contributed by atoms with Crippen LogP contribution in [0.5, 0.6) is 0 Å². The molecule has 172 valence electrons. The Morgan fingerprint density at radius 3 is 2.72 bits per heavy atom. The topological polar surface area (TPSA) is 73.2 Å². The monoisotopic (exact) mass is 441 g/mol. The Kier molecular flexibility index (Phi) is 5.82. The first-order valence-corrected chi connectivity index (χ1v) is 11.5. The summed E-state index contributed by atoms with van der Waals surface area (Å²) in [6.45, 7) is 5.39. The van der Waals surface area contributed by atoms with Gasteiger partial charge >= 0.3 is 12.0 Å². The zero-order chi connectivity index (χ0) is 22.2. The number of aromatic nitrogens is 1. The van der Waals surface area contributed by atoms with Gasteiger partial charge in [-0.1, -0.05) is 18.2 Å². The molecule has 2 amide bonds. The lowest BCUT2D eigenvalue weighted by atomic mass is 9.76. The first-order chi connectivity index (χ1) is 15.6. The van der Waals surface area contributed by atoms with E-state index in [0.717, 1.165) is 23.7 Å². The Labute approximate surface area is 188 Å².